The maximum atomic E-state index is 10.6. The summed E-state index contributed by atoms with van der Waals surface area (Å²) in [6.45, 7) is 3.99. The average molecular weight is 294 g/mol. The van der Waals surface area contributed by atoms with Crippen molar-refractivity contribution >= 4 is 15.9 Å². The molecule has 1 N–H and O–H groups in total. The largest absolute Gasteiger partial charge is 0.385 e. The van der Waals surface area contributed by atoms with Crippen molar-refractivity contribution in [2.45, 2.75) is 38.7 Å². The number of halogens is 1. The highest BCUT2D eigenvalue weighted by atomic mass is 79.9. The monoisotopic (exact) mass is 293 g/mol. The maximum absolute atomic E-state index is 10.6. The molecule has 0 aliphatic heterocycles. The lowest BCUT2D eigenvalue weighted by Crippen LogP contribution is -2.47. The Kier molecular flexibility index (Phi) is 3.05. The molecule has 1 aliphatic carbocycles. The molecule has 0 saturated heterocycles. The highest BCUT2D eigenvalue weighted by Gasteiger charge is 2.52. The molecule has 1 fully saturated rings. The van der Waals surface area contributed by atoms with Gasteiger partial charge in [0.25, 0.3) is 0 Å². The Morgan fingerprint density at radius 2 is 2.12 bits per heavy atom. The van der Waals surface area contributed by atoms with E-state index in [0.717, 1.165) is 22.0 Å². The van der Waals surface area contributed by atoms with Gasteiger partial charge >= 0.3 is 0 Å². The lowest BCUT2D eigenvalue weighted by molar-refractivity contribution is -0.103. The van der Waals surface area contributed by atoms with Crippen molar-refractivity contribution in [1.29, 1.82) is 5.26 Å². The van der Waals surface area contributed by atoms with E-state index in [1.165, 1.54) is 0 Å². The second kappa shape index (κ2) is 4.12. The number of hydrogen-bond acceptors (Lipinski definition) is 2. The summed E-state index contributed by atoms with van der Waals surface area (Å²) >= 11 is 3.45. The number of rotatable bonds is 2. The van der Waals surface area contributed by atoms with Crippen molar-refractivity contribution < 1.29 is 5.11 Å². The van der Waals surface area contributed by atoms with Crippen LogP contribution in [0.3, 0.4) is 0 Å². The molecule has 0 aromatic heterocycles. The Morgan fingerprint density at radius 3 is 2.65 bits per heavy atom. The third kappa shape index (κ3) is 2.12. The Morgan fingerprint density at radius 1 is 1.47 bits per heavy atom. The van der Waals surface area contributed by atoms with Crippen LogP contribution in [0.5, 0.6) is 0 Å². The van der Waals surface area contributed by atoms with Gasteiger partial charge in [-0.05, 0) is 49.4 Å². The van der Waals surface area contributed by atoms with Crippen molar-refractivity contribution in [2.75, 3.05) is 0 Å². The predicted molar refractivity (Wildman–Crippen MR) is 70.4 cm³/mol. The average Bonchev–Trinajstić information content (AvgIpc) is 2.26. The van der Waals surface area contributed by atoms with Crippen LogP contribution in [-0.2, 0) is 12.0 Å². The number of nitriles is 1. The summed E-state index contributed by atoms with van der Waals surface area (Å²) in [4.78, 5) is 0. The van der Waals surface area contributed by atoms with E-state index in [-0.39, 0.29) is 5.41 Å². The molecule has 2 nitrogen and oxygen atoms in total. The quantitative estimate of drug-likeness (QED) is 0.907. The third-order valence-electron chi connectivity index (χ3n) is 3.58. The van der Waals surface area contributed by atoms with Crippen molar-refractivity contribution in [3.63, 3.8) is 0 Å². The van der Waals surface area contributed by atoms with E-state index >= 15 is 0 Å². The van der Waals surface area contributed by atoms with Gasteiger partial charge < -0.3 is 5.11 Å². The van der Waals surface area contributed by atoms with Crippen molar-refractivity contribution in [2.24, 2.45) is 5.41 Å². The fourth-order valence-electron chi connectivity index (χ4n) is 2.82. The van der Waals surface area contributed by atoms with Crippen LogP contribution in [0.4, 0.5) is 0 Å². The molecule has 2 rings (SSSR count). The summed E-state index contributed by atoms with van der Waals surface area (Å²) in [5.74, 6) is 0. The zero-order valence-corrected chi connectivity index (χ0v) is 11.7. The molecule has 0 radical (unpaired) electrons. The molecule has 1 aliphatic rings. The van der Waals surface area contributed by atoms with Crippen LogP contribution < -0.4 is 0 Å². The molecule has 0 spiro atoms. The molecule has 17 heavy (non-hydrogen) atoms. The van der Waals surface area contributed by atoms with E-state index in [2.05, 4.69) is 35.0 Å². The molecule has 1 aromatic carbocycles. The zero-order valence-electron chi connectivity index (χ0n) is 10.1. The van der Waals surface area contributed by atoms with E-state index in [1.54, 1.807) is 0 Å². The Balaban J connectivity index is 2.34. The van der Waals surface area contributed by atoms with Gasteiger partial charge in [-0.15, -0.1) is 0 Å². The van der Waals surface area contributed by atoms with Crippen molar-refractivity contribution in [3.8, 4) is 6.07 Å². The lowest BCUT2D eigenvalue weighted by atomic mass is 9.58. The Hall–Kier alpha value is -0.850. The first-order valence-electron chi connectivity index (χ1n) is 5.85. The second-order valence-electron chi connectivity index (χ2n) is 5.21. The lowest BCUT2D eigenvalue weighted by Gasteiger charge is -2.48. The van der Waals surface area contributed by atoms with Crippen LogP contribution in [-0.4, -0.2) is 5.11 Å². The van der Waals surface area contributed by atoms with Gasteiger partial charge in [-0.2, -0.15) is 5.26 Å². The Bertz CT molecular complexity index is 483. The maximum Gasteiger partial charge on any atom is 0.0929 e. The van der Waals surface area contributed by atoms with Crippen LogP contribution in [0.25, 0.3) is 0 Å². The fraction of sp³-hybridized carbons (Fsp3) is 0.500. The molecule has 0 heterocycles. The minimum absolute atomic E-state index is 0.368. The normalized spacial score (nSPS) is 31.7. The van der Waals surface area contributed by atoms with Crippen molar-refractivity contribution in [1.82, 2.24) is 0 Å². The summed E-state index contributed by atoms with van der Waals surface area (Å²) in [5.41, 5.74) is 0.960. The first kappa shape index (κ1) is 12.6. The van der Waals surface area contributed by atoms with E-state index in [0.29, 0.717) is 12.8 Å². The molecule has 90 valence electrons. The summed E-state index contributed by atoms with van der Waals surface area (Å²) in [6, 6.07) is 8.26. The molecular weight excluding hydrogens is 278 g/mol. The SMILES string of the molecule is CCc1cc(Br)ccc1C1(O)CC(C)(C#N)C1. The molecular formula is C14H16BrNO. The minimum atomic E-state index is -0.809. The van der Waals surface area contributed by atoms with Crippen LogP contribution >= 0.6 is 15.9 Å². The standard InChI is InChI=1S/C14H16BrNO/c1-3-10-6-11(15)4-5-12(10)14(17)7-13(2,8-14)9-16/h4-6,17H,3,7-8H2,1-2H3. The first-order chi connectivity index (χ1) is 7.92. The summed E-state index contributed by atoms with van der Waals surface area (Å²) < 4.78 is 1.03. The number of nitrogens with zero attached hydrogens (tertiary/aromatic N) is 1. The highest BCUT2D eigenvalue weighted by Crippen LogP contribution is 2.54. The highest BCUT2D eigenvalue weighted by molar-refractivity contribution is 9.10. The van der Waals surface area contributed by atoms with Gasteiger partial charge in [0.1, 0.15) is 0 Å². The third-order valence-corrected chi connectivity index (χ3v) is 4.08. The number of hydrogen-bond donors (Lipinski definition) is 1. The molecule has 1 saturated carbocycles. The van der Waals surface area contributed by atoms with E-state index in [4.69, 9.17) is 5.26 Å². The van der Waals surface area contributed by atoms with Gasteiger partial charge in [-0.25, -0.2) is 0 Å². The summed E-state index contributed by atoms with van der Waals surface area (Å²) in [5, 5.41) is 19.6. The number of aryl methyl sites for hydroxylation is 1. The second-order valence-corrected chi connectivity index (χ2v) is 6.13. The smallest absolute Gasteiger partial charge is 0.0929 e. The predicted octanol–water partition coefficient (Wildman–Crippen LogP) is 3.52. The molecule has 0 atom stereocenters. The summed E-state index contributed by atoms with van der Waals surface area (Å²) in [6.07, 6.45) is 1.95. The number of aliphatic hydroxyl groups is 1. The van der Waals surface area contributed by atoms with Crippen LogP contribution in [0.1, 0.15) is 37.8 Å². The van der Waals surface area contributed by atoms with Gasteiger partial charge in [0.15, 0.2) is 0 Å². The number of benzene rings is 1. The topological polar surface area (TPSA) is 44.0 Å². The Labute approximate surface area is 110 Å². The van der Waals surface area contributed by atoms with Gasteiger partial charge in [0.2, 0.25) is 0 Å². The molecule has 1 aromatic rings. The van der Waals surface area contributed by atoms with Gasteiger partial charge in [0, 0.05) is 4.47 Å². The molecule has 0 amide bonds. The van der Waals surface area contributed by atoms with E-state index in [9.17, 15) is 5.11 Å². The van der Waals surface area contributed by atoms with Gasteiger partial charge in [-0.1, -0.05) is 28.9 Å². The zero-order chi connectivity index (χ0) is 12.7. The minimum Gasteiger partial charge on any atom is -0.385 e. The molecule has 3 heteroatoms. The van der Waals surface area contributed by atoms with Crippen LogP contribution in [0.15, 0.2) is 22.7 Å². The molecule has 0 unspecified atom stereocenters. The van der Waals surface area contributed by atoms with E-state index < -0.39 is 5.60 Å². The summed E-state index contributed by atoms with van der Waals surface area (Å²) in [7, 11) is 0. The van der Waals surface area contributed by atoms with Crippen LogP contribution in [0, 0.1) is 16.7 Å². The fourth-order valence-corrected chi connectivity index (χ4v) is 3.23. The van der Waals surface area contributed by atoms with Crippen LogP contribution in [0.2, 0.25) is 0 Å². The van der Waals surface area contributed by atoms with Crippen molar-refractivity contribution in [3.05, 3.63) is 33.8 Å². The van der Waals surface area contributed by atoms with E-state index in [1.807, 2.05) is 19.1 Å². The molecule has 0 bridgehead atoms. The van der Waals surface area contributed by atoms with Gasteiger partial charge in [-0.3, -0.25) is 0 Å². The first-order valence-corrected chi connectivity index (χ1v) is 6.64. The van der Waals surface area contributed by atoms with Gasteiger partial charge in [0.05, 0.1) is 17.1 Å².